The van der Waals surface area contributed by atoms with E-state index >= 15 is 0 Å². The molecule has 0 saturated carbocycles. The summed E-state index contributed by atoms with van der Waals surface area (Å²) in [5.74, 6) is 2.01. The zero-order chi connectivity index (χ0) is 20.3. The van der Waals surface area contributed by atoms with Crippen molar-refractivity contribution >= 4 is 55.2 Å². The van der Waals surface area contributed by atoms with Gasteiger partial charge in [0, 0.05) is 11.1 Å². The summed E-state index contributed by atoms with van der Waals surface area (Å²) in [5, 5.41) is 5.70. The molecular weight excluding hydrogens is 418 g/mol. The van der Waals surface area contributed by atoms with Gasteiger partial charge in [-0.2, -0.15) is 4.99 Å². The van der Waals surface area contributed by atoms with Gasteiger partial charge in [-0.1, -0.05) is 47.1 Å². The van der Waals surface area contributed by atoms with Gasteiger partial charge >= 0.3 is 0 Å². The number of hydrogen-bond acceptors (Lipinski definition) is 4. The maximum Gasteiger partial charge on any atom is 0.272 e. The van der Waals surface area contributed by atoms with Gasteiger partial charge in [0.1, 0.15) is 0 Å². The lowest BCUT2D eigenvalue weighted by atomic mass is 10.2. The van der Waals surface area contributed by atoms with Crippen LogP contribution in [0, 0.1) is 12.3 Å². The van der Waals surface area contributed by atoms with Crippen LogP contribution < -0.4 is 9.94 Å². The summed E-state index contributed by atoms with van der Waals surface area (Å²) in [4.78, 5) is 16.7. The third kappa shape index (κ3) is 4.40. The molecular formula is C19H14ClN3O3S2. The van der Waals surface area contributed by atoms with Crippen LogP contribution in [0.1, 0.15) is 5.56 Å². The standard InChI is InChI=1S/C19H14ClN3O3S2/c1-2-11-23-16-9-8-14(28(21,25)26)12-17(16)27-19(23)22-18(24)10-7-13-5-3-4-6-15(13)20/h1,3-10,12H,11H2,(H2,21,25,26). The molecule has 9 heteroatoms. The Morgan fingerprint density at radius 3 is 2.75 bits per heavy atom. The number of terminal acetylenes is 1. The van der Waals surface area contributed by atoms with Crippen molar-refractivity contribution in [2.75, 3.05) is 0 Å². The lowest BCUT2D eigenvalue weighted by Crippen LogP contribution is -2.16. The topological polar surface area (TPSA) is 94.5 Å². The van der Waals surface area contributed by atoms with Crippen molar-refractivity contribution < 1.29 is 13.2 Å². The van der Waals surface area contributed by atoms with Gasteiger partial charge in [0.25, 0.3) is 5.91 Å². The Bertz CT molecular complexity index is 1310. The highest BCUT2D eigenvalue weighted by Crippen LogP contribution is 2.21. The Labute approximate surface area is 170 Å². The Hall–Kier alpha value is -2.70. The molecule has 1 heterocycles. The molecule has 1 amide bonds. The van der Waals surface area contributed by atoms with Crippen LogP contribution in [0.2, 0.25) is 5.02 Å². The van der Waals surface area contributed by atoms with E-state index in [1.165, 1.54) is 18.2 Å². The van der Waals surface area contributed by atoms with Gasteiger partial charge in [0.2, 0.25) is 10.0 Å². The van der Waals surface area contributed by atoms with Crippen LogP contribution in [0.25, 0.3) is 16.3 Å². The molecule has 0 bridgehead atoms. The Kier molecular flexibility index (Phi) is 5.82. The van der Waals surface area contributed by atoms with E-state index in [-0.39, 0.29) is 11.4 Å². The number of primary sulfonamides is 1. The van der Waals surface area contributed by atoms with Crippen LogP contribution in [0.3, 0.4) is 0 Å². The number of amides is 1. The van der Waals surface area contributed by atoms with Crippen molar-refractivity contribution in [3.05, 3.63) is 63.9 Å². The van der Waals surface area contributed by atoms with E-state index in [0.717, 1.165) is 11.3 Å². The maximum absolute atomic E-state index is 12.3. The van der Waals surface area contributed by atoms with Gasteiger partial charge in [0.05, 0.1) is 21.7 Å². The van der Waals surface area contributed by atoms with Crippen LogP contribution in [0.15, 0.2) is 58.4 Å². The van der Waals surface area contributed by atoms with Crippen molar-refractivity contribution in [3.8, 4) is 12.3 Å². The first kappa shape index (κ1) is 20.0. The summed E-state index contributed by atoms with van der Waals surface area (Å²) in [6, 6.07) is 11.5. The molecule has 0 radical (unpaired) electrons. The number of sulfonamides is 1. The minimum Gasteiger partial charge on any atom is -0.305 e. The van der Waals surface area contributed by atoms with Crippen LogP contribution in [-0.2, 0) is 21.4 Å². The number of thiazole rings is 1. The molecule has 0 atom stereocenters. The average molecular weight is 432 g/mol. The largest absolute Gasteiger partial charge is 0.305 e. The first-order valence-electron chi connectivity index (χ1n) is 7.90. The fraction of sp³-hybridized carbons (Fsp3) is 0.0526. The van der Waals surface area contributed by atoms with Crippen LogP contribution in [0.5, 0.6) is 0 Å². The fourth-order valence-corrected chi connectivity index (χ4v) is 4.35. The maximum atomic E-state index is 12.3. The van der Waals surface area contributed by atoms with E-state index in [4.69, 9.17) is 23.2 Å². The second-order valence-corrected chi connectivity index (χ2v) is 8.63. The number of nitrogens with zero attached hydrogens (tertiary/aromatic N) is 2. The number of carbonyl (C=O) groups excluding carboxylic acids is 1. The zero-order valence-electron chi connectivity index (χ0n) is 14.4. The van der Waals surface area contributed by atoms with E-state index in [9.17, 15) is 13.2 Å². The second-order valence-electron chi connectivity index (χ2n) is 5.65. The first-order valence-corrected chi connectivity index (χ1v) is 10.6. The molecule has 6 nitrogen and oxygen atoms in total. The molecule has 142 valence electrons. The van der Waals surface area contributed by atoms with E-state index in [0.29, 0.717) is 25.6 Å². The third-order valence-corrected chi connectivity index (χ3v) is 6.05. The fourth-order valence-electron chi connectivity index (χ4n) is 2.46. The molecule has 0 fully saturated rings. The van der Waals surface area contributed by atoms with Gasteiger partial charge in [-0.3, -0.25) is 4.79 Å². The number of benzene rings is 2. The number of carbonyl (C=O) groups is 1. The number of hydrogen-bond donors (Lipinski definition) is 1. The summed E-state index contributed by atoms with van der Waals surface area (Å²) < 4.78 is 25.4. The molecule has 0 unspecified atom stereocenters. The summed E-state index contributed by atoms with van der Waals surface area (Å²) in [6.45, 7) is 0.176. The van der Waals surface area contributed by atoms with Crippen LogP contribution >= 0.6 is 22.9 Å². The first-order chi connectivity index (χ1) is 13.3. The predicted molar refractivity (Wildman–Crippen MR) is 111 cm³/mol. The van der Waals surface area contributed by atoms with Gasteiger partial charge in [-0.05, 0) is 35.9 Å². The van der Waals surface area contributed by atoms with Gasteiger partial charge in [0.15, 0.2) is 4.80 Å². The Morgan fingerprint density at radius 2 is 2.07 bits per heavy atom. The zero-order valence-corrected chi connectivity index (χ0v) is 16.8. The summed E-state index contributed by atoms with van der Waals surface area (Å²) in [6.07, 6.45) is 8.31. The highest BCUT2D eigenvalue weighted by Gasteiger charge is 2.12. The molecule has 28 heavy (non-hydrogen) atoms. The van der Waals surface area contributed by atoms with E-state index in [2.05, 4.69) is 10.9 Å². The van der Waals surface area contributed by atoms with Gasteiger partial charge in [-0.15, -0.1) is 6.42 Å². The number of rotatable bonds is 4. The van der Waals surface area contributed by atoms with Crippen molar-refractivity contribution in [2.45, 2.75) is 11.4 Å². The molecule has 0 spiro atoms. The number of aromatic nitrogens is 1. The highest BCUT2D eigenvalue weighted by atomic mass is 35.5. The average Bonchev–Trinajstić information content (AvgIpc) is 2.97. The smallest absolute Gasteiger partial charge is 0.272 e. The highest BCUT2D eigenvalue weighted by molar-refractivity contribution is 7.89. The molecule has 1 aromatic heterocycles. The molecule has 0 aliphatic heterocycles. The van der Waals surface area contributed by atoms with Crippen molar-refractivity contribution in [1.82, 2.24) is 4.57 Å². The molecule has 0 saturated heterocycles. The molecule has 3 rings (SSSR count). The third-order valence-electron chi connectivity index (χ3n) is 3.75. The minimum atomic E-state index is -3.84. The van der Waals surface area contributed by atoms with Gasteiger partial charge in [-0.25, -0.2) is 13.6 Å². The SMILES string of the molecule is C#CCn1c(=NC(=O)C=Cc2ccccc2Cl)sc2cc(S(N)(=O)=O)ccc21. The summed E-state index contributed by atoms with van der Waals surface area (Å²) in [5.41, 5.74) is 1.36. The van der Waals surface area contributed by atoms with Crippen LogP contribution in [0.4, 0.5) is 0 Å². The van der Waals surface area contributed by atoms with Crippen molar-refractivity contribution in [3.63, 3.8) is 0 Å². The van der Waals surface area contributed by atoms with Gasteiger partial charge < -0.3 is 4.57 Å². The quantitative estimate of drug-likeness (QED) is 0.508. The molecule has 2 aromatic carbocycles. The van der Waals surface area contributed by atoms with Crippen molar-refractivity contribution in [2.24, 2.45) is 10.1 Å². The number of halogens is 1. The van der Waals surface area contributed by atoms with E-state index < -0.39 is 15.9 Å². The normalized spacial score (nSPS) is 12.5. The Morgan fingerprint density at radius 1 is 1.32 bits per heavy atom. The summed E-state index contributed by atoms with van der Waals surface area (Å²) in [7, 11) is -3.84. The Balaban J connectivity index is 2.05. The van der Waals surface area contributed by atoms with E-state index in [1.807, 2.05) is 6.07 Å². The predicted octanol–water partition coefficient (Wildman–Crippen LogP) is 2.78. The molecule has 3 aromatic rings. The lowest BCUT2D eigenvalue weighted by molar-refractivity contribution is -0.113. The monoisotopic (exact) mass is 431 g/mol. The second kappa shape index (κ2) is 8.12. The minimum absolute atomic E-state index is 0.0226. The molecule has 0 aliphatic rings. The molecule has 2 N–H and O–H groups in total. The number of fused-ring (bicyclic) bond motifs is 1. The number of nitrogens with two attached hydrogens (primary N) is 1. The summed E-state index contributed by atoms with van der Waals surface area (Å²) >= 11 is 7.21. The molecule has 0 aliphatic carbocycles. The van der Waals surface area contributed by atoms with Crippen LogP contribution in [-0.4, -0.2) is 18.9 Å². The van der Waals surface area contributed by atoms with E-state index in [1.54, 1.807) is 34.9 Å². The lowest BCUT2D eigenvalue weighted by Gasteiger charge is -2.01. The van der Waals surface area contributed by atoms with Crippen molar-refractivity contribution in [1.29, 1.82) is 0 Å².